The average Bonchev–Trinajstić information content (AvgIpc) is 3.45. The number of nitrogens with one attached hydrogen (secondary N) is 1. The molecule has 0 unspecified atom stereocenters. The minimum absolute atomic E-state index is 0.269. The number of anilines is 1. The maximum atomic E-state index is 14.2. The third-order valence-electron chi connectivity index (χ3n) is 4.31. The molecular weight excluding hydrogens is 445 g/mol. The summed E-state index contributed by atoms with van der Waals surface area (Å²) in [6, 6.07) is 10.3. The molecule has 0 aliphatic carbocycles. The van der Waals surface area contributed by atoms with E-state index < -0.39 is 40.6 Å². The van der Waals surface area contributed by atoms with E-state index in [0.29, 0.717) is 16.6 Å². The molecule has 4 rings (SSSR count). The van der Waals surface area contributed by atoms with Crippen LogP contribution in [0.25, 0.3) is 16.4 Å². The average molecular weight is 458 g/mol. The van der Waals surface area contributed by atoms with E-state index in [1.165, 1.54) is 34.2 Å². The van der Waals surface area contributed by atoms with Crippen LogP contribution in [0.3, 0.4) is 0 Å². The van der Waals surface area contributed by atoms with Crippen LogP contribution in [0, 0.1) is 17.5 Å². The molecule has 0 atom stereocenters. The Hall–Kier alpha value is -3.99. The Balaban J connectivity index is 1.73. The number of carbonyl (C=O) groups excluding carboxylic acids is 2. The molecule has 0 radical (unpaired) electrons. The van der Waals surface area contributed by atoms with Crippen molar-refractivity contribution in [2.75, 3.05) is 12.4 Å². The highest BCUT2D eigenvalue weighted by molar-refractivity contribution is 7.13. The lowest BCUT2D eigenvalue weighted by atomic mass is 10.1. The molecule has 11 heteroatoms. The second kappa shape index (κ2) is 8.63. The van der Waals surface area contributed by atoms with Gasteiger partial charge in [0.2, 0.25) is 5.82 Å². The van der Waals surface area contributed by atoms with Gasteiger partial charge in [0, 0.05) is 6.07 Å². The van der Waals surface area contributed by atoms with Crippen molar-refractivity contribution in [2.24, 2.45) is 0 Å². The predicted octanol–water partition coefficient (Wildman–Crippen LogP) is 4.45. The zero-order valence-corrected chi connectivity index (χ0v) is 17.1. The van der Waals surface area contributed by atoms with Gasteiger partial charge in [0.15, 0.2) is 5.82 Å². The van der Waals surface area contributed by atoms with Crippen LogP contribution >= 0.6 is 11.3 Å². The lowest BCUT2D eigenvalue weighted by Gasteiger charge is -2.07. The molecule has 0 saturated heterocycles. The Morgan fingerprint density at radius 1 is 1.06 bits per heavy atom. The Morgan fingerprint density at radius 2 is 1.88 bits per heavy atom. The van der Waals surface area contributed by atoms with Crippen LogP contribution in [-0.4, -0.2) is 33.8 Å². The maximum Gasteiger partial charge on any atom is 0.340 e. The van der Waals surface area contributed by atoms with E-state index in [4.69, 9.17) is 0 Å². The summed E-state index contributed by atoms with van der Waals surface area (Å²) in [5.74, 6) is -4.78. The van der Waals surface area contributed by atoms with Crippen molar-refractivity contribution < 1.29 is 27.5 Å². The van der Waals surface area contributed by atoms with Gasteiger partial charge in [-0.3, -0.25) is 4.79 Å². The van der Waals surface area contributed by atoms with Crippen LogP contribution in [0.5, 0.6) is 0 Å². The lowest BCUT2D eigenvalue weighted by molar-refractivity contribution is 0.0595. The summed E-state index contributed by atoms with van der Waals surface area (Å²) in [6.45, 7) is 0. The number of hydrogen-bond donors (Lipinski definition) is 1. The molecule has 2 aromatic heterocycles. The number of esters is 1. The zero-order valence-electron chi connectivity index (χ0n) is 16.3. The molecule has 32 heavy (non-hydrogen) atoms. The van der Waals surface area contributed by atoms with Gasteiger partial charge >= 0.3 is 5.97 Å². The van der Waals surface area contributed by atoms with Crippen molar-refractivity contribution in [3.05, 3.63) is 82.8 Å². The minimum atomic E-state index is -1.14. The molecule has 0 aliphatic heterocycles. The van der Waals surface area contributed by atoms with E-state index >= 15 is 0 Å². The summed E-state index contributed by atoms with van der Waals surface area (Å²) in [6.07, 6.45) is 0. The summed E-state index contributed by atoms with van der Waals surface area (Å²) in [4.78, 5) is 29.3. The molecule has 0 saturated carbocycles. The summed E-state index contributed by atoms with van der Waals surface area (Å²) in [5.41, 5.74) is -0.695. The van der Waals surface area contributed by atoms with Crippen LogP contribution in [0.2, 0.25) is 0 Å². The molecule has 1 N–H and O–H groups in total. The number of thiophene rings is 1. The minimum Gasteiger partial charge on any atom is -0.465 e. The molecule has 0 spiro atoms. The number of nitrogens with zero attached hydrogens (tertiary/aromatic N) is 3. The molecule has 0 aliphatic rings. The summed E-state index contributed by atoms with van der Waals surface area (Å²) in [5, 5.41) is 8.16. The fraction of sp³-hybridized carbons (Fsp3) is 0.0476. The van der Waals surface area contributed by atoms with Crippen molar-refractivity contribution in [3.63, 3.8) is 0 Å². The Bertz CT molecular complexity index is 1320. The van der Waals surface area contributed by atoms with Crippen molar-refractivity contribution in [2.45, 2.75) is 0 Å². The van der Waals surface area contributed by atoms with Crippen molar-refractivity contribution in [1.29, 1.82) is 0 Å². The summed E-state index contributed by atoms with van der Waals surface area (Å²) >= 11 is 1.33. The van der Waals surface area contributed by atoms with Crippen LogP contribution in [0.15, 0.2) is 53.9 Å². The van der Waals surface area contributed by atoms with E-state index in [1.807, 2.05) is 0 Å². The fourth-order valence-electron chi connectivity index (χ4n) is 2.85. The van der Waals surface area contributed by atoms with Gasteiger partial charge < -0.3 is 10.1 Å². The Morgan fingerprint density at radius 3 is 2.56 bits per heavy atom. The predicted molar refractivity (Wildman–Crippen MR) is 110 cm³/mol. The molecule has 2 heterocycles. The van der Waals surface area contributed by atoms with Gasteiger partial charge in [-0.25, -0.2) is 27.6 Å². The first-order valence-electron chi connectivity index (χ1n) is 9.03. The van der Waals surface area contributed by atoms with Crippen molar-refractivity contribution in [1.82, 2.24) is 14.8 Å². The number of hydrogen-bond acceptors (Lipinski definition) is 6. The first-order chi connectivity index (χ1) is 15.4. The lowest BCUT2D eigenvalue weighted by Crippen LogP contribution is -2.16. The molecule has 0 fully saturated rings. The van der Waals surface area contributed by atoms with Crippen LogP contribution < -0.4 is 5.32 Å². The number of rotatable bonds is 5. The number of methoxy groups -OCH3 is 1. The van der Waals surface area contributed by atoms with Crippen molar-refractivity contribution >= 4 is 28.9 Å². The van der Waals surface area contributed by atoms with Gasteiger partial charge in [0.05, 0.1) is 28.9 Å². The third-order valence-corrected chi connectivity index (χ3v) is 5.18. The van der Waals surface area contributed by atoms with E-state index in [-0.39, 0.29) is 11.6 Å². The van der Waals surface area contributed by atoms with Gasteiger partial charge in [-0.1, -0.05) is 12.1 Å². The monoisotopic (exact) mass is 458 g/mol. The summed E-state index contributed by atoms with van der Waals surface area (Å²) < 4.78 is 47.5. The topological polar surface area (TPSA) is 86.1 Å². The van der Waals surface area contributed by atoms with E-state index in [2.05, 4.69) is 20.1 Å². The molecule has 4 aromatic rings. The smallest absolute Gasteiger partial charge is 0.340 e. The van der Waals surface area contributed by atoms with Gasteiger partial charge in [0.1, 0.15) is 17.5 Å². The first-order valence-corrected chi connectivity index (χ1v) is 9.91. The number of benzene rings is 2. The van der Waals surface area contributed by atoms with Gasteiger partial charge in [-0.2, -0.15) is 0 Å². The van der Waals surface area contributed by atoms with Gasteiger partial charge in [0.25, 0.3) is 5.91 Å². The highest BCUT2D eigenvalue weighted by Gasteiger charge is 2.22. The first kappa shape index (κ1) is 21.2. The number of carbonyl (C=O) groups is 2. The second-order valence-electron chi connectivity index (χ2n) is 6.39. The number of halogens is 3. The molecule has 7 nitrogen and oxygen atoms in total. The second-order valence-corrected chi connectivity index (χ2v) is 7.33. The molecule has 0 bridgehead atoms. The third kappa shape index (κ3) is 4.10. The molecule has 1 amide bonds. The van der Waals surface area contributed by atoms with Crippen LogP contribution in [0.4, 0.5) is 18.9 Å². The SMILES string of the molecule is COC(=O)c1cc(NC(=O)c2nc(-c3cccs3)n(-c3cccc(F)c3)n2)c(F)cc1F. The standard InChI is InChI=1S/C21H13F3N4O3S/c1-31-21(30)13-9-16(15(24)10-14(13)23)25-20(29)18-26-19(17-6-3-7-32-17)28(27-18)12-5-2-4-11(22)8-12/h2-10H,1H3,(H,25,29). The fourth-order valence-corrected chi connectivity index (χ4v) is 3.55. The van der Waals surface area contributed by atoms with Gasteiger partial charge in [-0.15, -0.1) is 16.4 Å². The Kier molecular flexibility index (Phi) is 5.73. The highest BCUT2D eigenvalue weighted by Crippen LogP contribution is 2.26. The van der Waals surface area contributed by atoms with Crippen molar-refractivity contribution in [3.8, 4) is 16.4 Å². The van der Waals surface area contributed by atoms with E-state index in [0.717, 1.165) is 13.2 Å². The van der Waals surface area contributed by atoms with Crippen LogP contribution in [-0.2, 0) is 4.74 Å². The molecule has 162 valence electrons. The molecule has 2 aromatic carbocycles. The molecular formula is C21H13F3N4O3S. The number of ether oxygens (including phenoxy) is 1. The Labute approximate surface area is 183 Å². The highest BCUT2D eigenvalue weighted by atomic mass is 32.1. The summed E-state index contributed by atoms with van der Waals surface area (Å²) in [7, 11) is 1.04. The number of amides is 1. The van der Waals surface area contributed by atoms with Gasteiger partial charge in [-0.05, 0) is 35.7 Å². The number of aromatic nitrogens is 3. The quantitative estimate of drug-likeness (QED) is 0.447. The van der Waals surface area contributed by atoms with E-state index in [9.17, 15) is 22.8 Å². The maximum absolute atomic E-state index is 14.2. The zero-order chi connectivity index (χ0) is 22.8. The normalized spacial score (nSPS) is 10.8. The van der Waals surface area contributed by atoms with E-state index in [1.54, 1.807) is 23.6 Å². The van der Waals surface area contributed by atoms with Crippen LogP contribution in [0.1, 0.15) is 21.0 Å². The largest absolute Gasteiger partial charge is 0.465 e.